The minimum Gasteiger partial charge on any atom is -0.293 e. The minimum absolute atomic E-state index is 0.0865. The first-order valence-corrected chi connectivity index (χ1v) is 7.03. The zero-order valence-electron chi connectivity index (χ0n) is 9.01. The summed E-state index contributed by atoms with van der Waals surface area (Å²) in [6.45, 7) is 0. The van der Waals surface area contributed by atoms with Crippen LogP contribution in [0.5, 0.6) is 0 Å². The summed E-state index contributed by atoms with van der Waals surface area (Å²) in [5, 5.41) is 0. The predicted octanol–water partition coefficient (Wildman–Crippen LogP) is 3.75. The highest BCUT2D eigenvalue weighted by molar-refractivity contribution is 9.10. The topological polar surface area (TPSA) is 17.1 Å². The van der Waals surface area contributed by atoms with Gasteiger partial charge in [0.15, 0.2) is 5.78 Å². The van der Waals surface area contributed by atoms with Crippen LogP contribution in [0.25, 0.3) is 0 Å². The molecule has 0 N–H and O–H groups in total. The van der Waals surface area contributed by atoms with Crippen LogP contribution in [-0.2, 0) is 12.8 Å². The number of hydrogen-bond donors (Lipinski definition) is 0. The van der Waals surface area contributed by atoms with Gasteiger partial charge in [0.25, 0.3) is 0 Å². The number of halogens is 2. The number of alkyl halides is 2. The smallest absolute Gasteiger partial charge is 0.177 e. The van der Waals surface area contributed by atoms with Gasteiger partial charge in [-0.05, 0) is 42.9 Å². The van der Waals surface area contributed by atoms with Crippen molar-refractivity contribution in [3.8, 4) is 0 Å². The van der Waals surface area contributed by atoms with Gasteiger partial charge in [0.1, 0.15) is 0 Å². The number of aryl methyl sites for hydroxylation is 2. The molecule has 0 bridgehead atoms. The Morgan fingerprint density at radius 2 is 2.00 bits per heavy atom. The molecular weight excluding hydrogens is 287 g/mol. The summed E-state index contributed by atoms with van der Waals surface area (Å²) in [4.78, 5) is 11.7. The first kappa shape index (κ1) is 12.1. The standard InChI is InChI=1S/C13H14BrClO/c14-12(8-15)13(16)11-6-5-9-3-1-2-4-10(9)7-11/h5-7,12H,1-4,8H2. The molecule has 1 nitrogen and oxygen atoms in total. The van der Waals surface area contributed by atoms with E-state index in [0.717, 1.165) is 18.4 Å². The monoisotopic (exact) mass is 300 g/mol. The minimum atomic E-state index is -0.268. The van der Waals surface area contributed by atoms with Gasteiger partial charge in [-0.1, -0.05) is 28.1 Å². The molecule has 1 unspecified atom stereocenters. The van der Waals surface area contributed by atoms with Crippen molar-refractivity contribution in [2.24, 2.45) is 0 Å². The van der Waals surface area contributed by atoms with Gasteiger partial charge in [-0.3, -0.25) is 4.79 Å². The number of carbonyl (C=O) groups excluding carboxylic acids is 1. The maximum Gasteiger partial charge on any atom is 0.177 e. The highest BCUT2D eigenvalue weighted by Crippen LogP contribution is 2.23. The van der Waals surface area contributed by atoms with E-state index in [1.54, 1.807) is 0 Å². The van der Waals surface area contributed by atoms with E-state index in [4.69, 9.17) is 11.6 Å². The summed E-state index contributed by atoms with van der Waals surface area (Å²) >= 11 is 8.97. The molecular formula is C13H14BrClO. The largest absolute Gasteiger partial charge is 0.293 e. The molecule has 0 saturated carbocycles. The third-order valence-electron chi connectivity index (χ3n) is 3.05. The Morgan fingerprint density at radius 3 is 2.69 bits per heavy atom. The Morgan fingerprint density at radius 1 is 1.31 bits per heavy atom. The van der Waals surface area contributed by atoms with E-state index in [9.17, 15) is 4.79 Å². The van der Waals surface area contributed by atoms with Gasteiger partial charge in [-0.2, -0.15) is 0 Å². The first-order chi connectivity index (χ1) is 7.72. The maximum atomic E-state index is 11.9. The average Bonchev–Trinajstić information content (AvgIpc) is 2.36. The number of hydrogen-bond acceptors (Lipinski definition) is 1. The number of carbonyl (C=O) groups is 1. The molecule has 86 valence electrons. The summed E-state index contributed by atoms with van der Waals surface area (Å²) in [7, 11) is 0. The molecule has 0 fully saturated rings. The molecule has 16 heavy (non-hydrogen) atoms. The number of rotatable bonds is 3. The van der Waals surface area contributed by atoms with Crippen LogP contribution in [0.15, 0.2) is 18.2 Å². The Hall–Kier alpha value is -0.340. The highest BCUT2D eigenvalue weighted by atomic mass is 79.9. The Balaban J connectivity index is 2.26. The Bertz CT molecular complexity index is 403. The molecule has 0 saturated heterocycles. The number of Topliss-reactive ketones (excluding diaryl/α,β-unsaturated/α-hetero) is 1. The fourth-order valence-electron chi connectivity index (χ4n) is 2.14. The van der Waals surface area contributed by atoms with Crippen LogP contribution >= 0.6 is 27.5 Å². The maximum absolute atomic E-state index is 11.9. The average molecular weight is 302 g/mol. The van der Waals surface area contributed by atoms with Gasteiger partial charge in [0.2, 0.25) is 0 Å². The SMILES string of the molecule is O=C(c1ccc2c(c1)CCCC2)C(Br)CCl. The zero-order valence-corrected chi connectivity index (χ0v) is 11.4. The van der Waals surface area contributed by atoms with Crippen molar-refractivity contribution in [3.05, 3.63) is 34.9 Å². The number of benzene rings is 1. The molecule has 1 aromatic rings. The van der Waals surface area contributed by atoms with E-state index in [2.05, 4.69) is 22.0 Å². The van der Waals surface area contributed by atoms with E-state index in [-0.39, 0.29) is 10.6 Å². The predicted molar refractivity (Wildman–Crippen MR) is 70.8 cm³/mol. The summed E-state index contributed by atoms with van der Waals surface area (Å²) in [5.74, 6) is 0.402. The van der Waals surface area contributed by atoms with Gasteiger partial charge < -0.3 is 0 Å². The van der Waals surface area contributed by atoms with Gasteiger partial charge in [0, 0.05) is 11.4 Å². The lowest BCUT2D eigenvalue weighted by Gasteiger charge is -2.16. The van der Waals surface area contributed by atoms with Gasteiger partial charge in [-0.25, -0.2) is 0 Å². The van der Waals surface area contributed by atoms with E-state index in [1.807, 2.05) is 12.1 Å². The van der Waals surface area contributed by atoms with E-state index in [1.165, 1.54) is 24.0 Å². The van der Waals surface area contributed by atoms with Gasteiger partial charge in [-0.15, -0.1) is 11.6 Å². The third kappa shape index (κ3) is 2.49. The Kier molecular flexibility index (Phi) is 4.04. The number of ketones is 1. The lowest BCUT2D eigenvalue weighted by Crippen LogP contribution is -2.16. The second-order valence-corrected chi connectivity index (χ2v) is 5.59. The molecule has 0 amide bonds. The highest BCUT2D eigenvalue weighted by Gasteiger charge is 2.18. The summed E-state index contributed by atoms with van der Waals surface area (Å²) < 4.78 is 0. The van der Waals surface area contributed by atoms with Crippen LogP contribution in [0, 0.1) is 0 Å². The normalized spacial score (nSPS) is 16.6. The molecule has 1 aliphatic carbocycles. The van der Waals surface area contributed by atoms with E-state index in [0.29, 0.717) is 5.88 Å². The molecule has 1 atom stereocenters. The molecule has 3 heteroatoms. The van der Waals surface area contributed by atoms with Crippen molar-refractivity contribution < 1.29 is 4.79 Å². The quantitative estimate of drug-likeness (QED) is 0.614. The lowest BCUT2D eigenvalue weighted by molar-refractivity contribution is 0.0996. The van der Waals surface area contributed by atoms with Gasteiger partial charge in [0.05, 0.1) is 4.83 Å². The first-order valence-electron chi connectivity index (χ1n) is 5.58. The van der Waals surface area contributed by atoms with Crippen molar-refractivity contribution in [2.45, 2.75) is 30.5 Å². The van der Waals surface area contributed by atoms with Crippen molar-refractivity contribution in [3.63, 3.8) is 0 Å². The van der Waals surface area contributed by atoms with Crippen molar-refractivity contribution in [1.82, 2.24) is 0 Å². The van der Waals surface area contributed by atoms with Crippen molar-refractivity contribution in [1.29, 1.82) is 0 Å². The van der Waals surface area contributed by atoms with E-state index >= 15 is 0 Å². The van der Waals surface area contributed by atoms with Crippen LogP contribution in [-0.4, -0.2) is 16.5 Å². The van der Waals surface area contributed by atoms with Gasteiger partial charge >= 0.3 is 0 Å². The van der Waals surface area contributed by atoms with E-state index < -0.39 is 0 Å². The lowest BCUT2D eigenvalue weighted by atomic mass is 9.89. The fourth-order valence-corrected chi connectivity index (χ4v) is 2.54. The third-order valence-corrected chi connectivity index (χ3v) is 4.47. The van der Waals surface area contributed by atoms with Crippen molar-refractivity contribution in [2.75, 3.05) is 5.88 Å². The second kappa shape index (κ2) is 5.33. The Labute approximate surface area is 109 Å². The van der Waals surface area contributed by atoms with Crippen LogP contribution < -0.4 is 0 Å². The van der Waals surface area contributed by atoms with Crippen LogP contribution in [0.4, 0.5) is 0 Å². The summed E-state index contributed by atoms with van der Waals surface area (Å²) in [6, 6.07) is 6.06. The molecule has 0 radical (unpaired) electrons. The molecule has 1 aromatic carbocycles. The fraction of sp³-hybridized carbons (Fsp3) is 0.462. The molecule has 1 aliphatic rings. The summed E-state index contributed by atoms with van der Waals surface area (Å²) in [6.07, 6.45) is 4.75. The molecule has 0 aromatic heterocycles. The summed E-state index contributed by atoms with van der Waals surface area (Å²) in [5.41, 5.74) is 3.52. The number of fused-ring (bicyclic) bond motifs is 1. The zero-order chi connectivity index (χ0) is 11.5. The molecule has 0 spiro atoms. The van der Waals surface area contributed by atoms with Crippen LogP contribution in [0.1, 0.15) is 34.3 Å². The molecule has 2 rings (SSSR count). The van der Waals surface area contributed by atoms with Crippen LogP contribution in [0.2, 0.25) is 0 Å². The molecule has 0 aliphatic heterocycles. The molecule has 0 heterocycles. The van der Waals surface area contributed by atoms with Crippen LogP contribution in [0.3, 0.4) is 0 Å². The van der Waals surface area contributed by atoms with Crippen molar-refractivity contribution >= 4 is 33.3 Å². The second-order valence-electron chi connectivity index (χ2n) is 4.18.